The molecule has 0 aromatic carbocycles. The normalized spacial score (nSPS) is 9.43. The maximum absolute atomic E-state index is 3.57. The fourth-order valence-corrected chi connectivity index (χ4v) is 0.263. The Morgan fingerprint density at radius 1 is 1.71 bits per heavy atom. The molecule has 0 aliphatic heterocycles. The minimum atomic E-state index is 1.64. The van der Waals surface area contributed by atoms with Gasteiger partial charge in [-0.15, -0.1) is 0 Å². The highest BCUT2D eigenvalue weighted by molar-refractivity contribution is 5.22. The van der Waals surface area contributed by atoms with E-state index in [2.05, 4.69) is 11.8 Å². The van der Waals surface area contributed by atoms with E-state index in [-0.39, 0.29) is 0 Å². The second-order valence-corrected chi connectivity index (χ2v) is 1.20. The highest BCUT2D eigenvalue weighted by Crippen LogP contribution is 1.79. The van der Waals surface area contributed by atoms with Crippen molar-refractivity contribution in [3.8, 4) is 0 Å². The van der Waals surface area contributed by atoms with Gasteiger partial charge in [-0.05, 0) is 6.92 Å². The van der Waals surface area contributed by atoms with Crippen molar-refractivity contribution in [1.82, 2.24) is 5.01 Å². The molecule has 2 nitrogen and oxygen atoms in total. The van der Waals surface area contributed by atoms with Gasteiger partial charge in [-0.1, -0.05) is 6.08 Å². The molecule has 0 aliphatic rings. The zero-order valence-electron chi connectivity index (χ0n) is 4.76. The Labute approximate surface area is 44.1 Å². The van der Waals surface area contributed by atoms with Crippen molar-refractivity contribution < 1.29 is 0 Å². The molecule has 0 fully saturated rings. The van der Waals surface area contributed by atoms with Gasteiger partial charge < -0.3 is 0 Å². The fourth-order valence-electron chi connectivity index (χ4n) is 0.263. The van der Waals surface area contributed by atoms with Crippen molar-refractivity contribution in [3.63, 3.8) is 0 Å². The van der Waals surface area contributed by atoms with E-state index in [1.807, 2.05) is 26.2 Å². The summed E-state index contributed by atoms with van der Waals surface area (Å²) in [6.45, 7) is 5.24. The van der Waals surface area contributed by atoms with Crippen LogP contribution in [0.3, 0.4) is 0 Å². The lowest BCUT2D eigenvalue weighted by molar-refractivity contribution is 0.494. The Hall–Kier alpha value is -0.790. The molecule has 40 valence electrons. The molecule has 0 aromatic rings. The molecule has 0 heterocycles. The molecule has 0 saturated carbocycles. The lowest BCUT2D eigenvalue weighted by Crippen LogP contribution is -1.97. The standard InChI is InChI=1S/C5H10N2/c1-4-5-7(3)6-2/h4-5H,2H2,1,3H3/b5-4+. The average Bonchev–Trinajstić information content (AvgIpc) is 1.68. The highest BCUT2D eigenvalue weighted by atomic mass is 15.4. The van der Waals surface area contributed by atoms with Crippen LogP contribution in [-0.4, -0.2) is 18.8 Å². The van der Waals surface area contributed by atoms with Crippen LogP contribution in [0.25, 0.3) is 0 Å². The molecule has 0 amide bonds. The first-order valence-corrected chi connectivity index (χ1v) is 2.13. The van der Waals surface area contributed by atoms with Gasteiger partial charge in [0.1, 0.15) is 0 Å². The monoisotopic (exact) mass is 98.1 g/mol. The van der Waals surface area contributed by atoms with Gasteiger partial charge in [-0.25, -0.2) is 0 Å². The van der Waals surface area contributed by atoms with E-state index >= 15 is 0 Å². The first kappa shape index (κ1) is 6.21. The second-order valence-electron chi connectivity index (χ2n) is 1.20. The minimum Gasteiger partial charge on any atom is -0.277 e. The predicted octanol–water partition coefficient (Wildman–Crippen LogP) is 1.07. The van der Waals surface area contributed by atoms with E-state index in [4.69, 9.17) is 0 Å². The van der Waals surface area contributed by atoms with Crippen LogP contribution in [0.15, 0.2) is 17.4 Å². The van der Waals surface area contributed by atoms with Crippen LogP contribution in [0.5, 0.6) is 0 Å². The van der Waals surface area contributed by atoms with Crippen LogP contribution < -0.4 is 0 Å². The van der Waals surface area contributed by atoms with Crippen molar-refractivity contribution in [2.45, 2.75) is 6.92 Å². The summed E-state index contributed by atoms with van der Waals surface area (Å²) in [5, 5.41) is 5.21. The number of allylic oxidation sites excluding steroid dienone is 1. The van der Waals surface area contributed by atoms with Gasteiger partial charge in [-0.2, -0.15) is 5.10 Å². The van der Waals surface area contributed by atoms with Gasteiger partial charge in [0.25, 0.3) is 0 Å². The SMILES string of the molecule is C=NN(C)/C=C/C. The molecular formula is C5H10N2. The summed E-state index contributed by atoms with van der Waals surface area (Å²) >= 11 is 0. The fraction of sp³-hybridized carbons (Fsp3) is 0.400. The van der Waals surface area contributed by atoms with Crippen LogP contribution in [0.1, 0.15) is 6.92 Å². The van der Waals surface area contributed by atoms with Crippen molar-refractivity contribution in [3.05, 3.63) is 12.3 Å². The van der Waals surface area contributed by atoms with Gasteiger partial charge in [0.15, 0.2) is 0 Å². The predicted molar refractivity (Wildman–Crippen MR) is 32.1 cm³/mol. The minimum absolute atomic E-state index is 1.64. The van der Waals surface area contributed by atoms with Crippen LogP contribution >= 0.6 is 0 Å². The van der Waals surface area contributed by atoms with Crippen LogP contribution in [0.2, 0.25) is 0 Å². The van der Waals surface area contributed by atoms with Crippen molar-refractivity contribution in [1.29, 1.82) is 0 Å². The Balaban J connectivity index is 3.35. The van der Waals surface area contributed by atoms with E-state index in [0.29, 0.717) is 0 Å². The molecule has 0 aromatic heterocycles. The number of hydrogen-bond donors (Lipinski definition) is 0. The van der Waals surface area contributed by atoms with E-state index in [0.717, 1.165) is 0 Å². The van der Waals surface area contributed by atoms with Crippen LogP contribution in [-0.2, 0) is 0 Å². The maximum Gasteiger partial charge on any atom is 0.0296 e. The average molecular weight is 98.1 g/mol. The number of rotatable bonds is 2. The quantitative estimate of drug-likeness (QED) is 0.372. The van der Waals surface area contributed by atoms with Crippen LogP contribution in [0, 0.1) is 0 Å². The summed E-state index contributed by atoms with van der Waals surface area (Å²) in [5.74, 6) is 0. The third-order valence-corrected chi connectivity index (χ3v) is 0.588. The molecule has 7 heavy (non-hydrogen) atoms. The molecule has 0 unspecified atom stereocenters. The van der Waals surface area contributed by atoms with Crippen molar-refractivity contribution in [2.24, 2.45) is 5.10 Å². The largest absolute Gasteiger partial charge is 0.277 e. The molecule has 0 bridgehead atoms. The second kappa shape index (κ2) is 3.40. The molecule has 2 heteroatoms. The van der Waals surface area contributed by atoms with Crippen molar-refractivity contribution >= 4 is 6.72 Å². The molecule has 0 N–H and O–H groups in total. The highest BCUT2D eigenvalue weighted by Gasteiger charge is 1.72. The topological polar surface area (TPSA) is 15.6 Å². The number of nitrogens with zero attached hydrogens (tertiary/aromatic N) is 2. The Bertz CT molecular complexity index is 76.1. The third-order valence-electron chi connectivity index (χ3n) is 0.588. The Morgan fingerprint density at radius 3 is 2.43 bits per heavy atom. The smallest absolute Gasteiger partial charge is 0.0296 e. The van der Waals surface area contributed by atoms with E-state index in [1.165, 1.54) is 0 Å². The molecular weight excluding hydrogens is 88.1 g/mol. The first-order chi connectivity index (χ1) is 3.31. The van der Waals surface area contributed by atoms with Gasteiger partial charge in [-0.3, -0.25) is 5.01 Å². The number of hydrogen-bond acceptors (Lipinski definition) is 2. The third kappa shape index (κ3) is 3.03. The van der Waals surface area contributed by atoms with Crippen LogP contribution in [0.4, 0.5) is 0 Å². The first-order valence-electron chi connectivity index (χ1n) is 2.13. The van der Waals surface area contributed by atoms with Crippen molar-refractivity contribution in [2.75, 3.05) is 7.05 Å². The lowest BCUT2D eigenvalue weighted by Gasteiger charge is -2.00. The van der Waals surface area contributed by atoms with Gasteiger partial charge in [0.2, 0.25) is 0 Å². The lowest BCUT2D eigenvalue weighted by atomic mass is 10.7. The molecule has 0 atom stereocenters. The molecule has 0 saturated heterocycles. The van der Waals surface area contributed by atoms with Gasteiger partial charge in [0.05, 0.1) is 0 Å². The summed E-state index contributed by atoms with van der Waals surface area (Å²) in [6.07, 6.45) is 3.72. The molecule has 0 aliphatic carbocycles. The molecule has 0 spiro atoms. The maximum atomic E-state index is 3.57. The van der Waals surface area contributed by atoms with Gasteiger partial charge >= 0.3 is 0 Å². The summed E-state index contributed by atoms with van der Waals surface area (Å²) in [7, 11) is 1.83. The molecule has 0 radical (unpaired) electrons. The van der Waals surface area contributed by atoms with Gasteiger partial charge in [0, 0.05) is 20.0 Å². The van der Waals surface area contributed by atoms with E-state index < -0.39 is 0 Å². The summed E-state index contributed by atoms with van der Waals surface area (Å²) in [6, 6.07) is 0. The van der Waals surface area contributed by atoms with E-state index in [9.17, 15) is 0 Å². The summed E-state index contributed by atoms with van der Waals surface area (Å²) in [5.41, 5.74) is 0. The number of hydrazone groups is 1. The molecule has 0 rings (SSSR count). The zero-order valence-corrected chi connectivity index (χ0v) is 4.76. The van der Waals surface area contributed by atoms with E-state index in [1.54, 1.807) is 5.01 Å². The summed E-state index contributed by atoms with van der Waals surface area (Å²) < 4.78 is 0. The zero-order chi connectivity index (χ0) is 5.70. The Kier molecular flexibility index (Phi) is 3.02. The summed E-state index contributed by atoms with van der Waals surface area (Å²) in [4.78, 5) is 0. The Morgan fingerprint density at radius 2 is 2.29 bits per heavy atom.